The molecule has 1 atom stereocenters. The summed E-state index contributed by atoms with van der Waals surface area (Å²) in [6.07, 6.45) is -9.16. The molecule has 0 aliphatic heterocycles. The highest BCUT2D eigenvalue weighted by atomic mass is 32.2. The van der Waals surface area contributed by atoms with Crippen LogP contribution in [0.4, 0.5) is 26.3 Å². The van der Waals surface area contributed by atoms with Gasteiger partial charge in [0.25, 0.3) is 10.1 Å². The standard InChI is InChI=1S/C11H9F6NO.CH4O3S/c1-5(9(18)19)6-2-7(10(12,13)14)4-8(3-6)11(15,16)17;1-5(2,3)4/h2-5H,1H3,(H2,18,19);1H3,(H,2,3,4)/t5-;/m1./s1. The second kappa shape index (κ2) is 7.38. The molecule has 24 heavy (non-hydrogen) atoms. The van der Waals surface area contributed by atoms with Crippen LogP contribution in [-0.2, 0) is 27.3 Å². The molecule has 0 radical (unpaired) electrons. The fraction of sp³-hybridized carbons (Fsp3) is 0.417. The van der Waals surface area contributed by atoms with Gasteiger partial charge in [-0.1, -0.05) is 0 Å². The number of alkyl halides is 6. The van der Waals surface area contributed by atoms with Crippen LogP contribution in [0.2, 0.25) is 0 Å². The van der Waals surface area contributed by atoms with Gasteiger partial charge in [-0.3, -0.25) is 9.35 Å². The molecule has 1 amide bonds. The van der Waals surface area contributed by atoms with E-state index >= 15 is 0 Å². The Bertz CT molecular complexity index is 656. The van der Waals surface area contributed by atoms with E-state index in [0.29, 0.717) is 18.4 Å². The Labute approximate surface area is 133 Å². The van der Waals surface area contributed by atoms with E-state index in [-0.39, 0.29) is 6.07 Å². The number of carbonyl (C=O) groups excluding carboxylic acids is 1. The predicted molar refractivity (Wildman–Crippen MR) is 71.5 cm³/mol. The van der Waals surface area contributed by atoms with E-state index in [1.807, 2.05) is 0 Å². The zero-order valence-electron chi connectivity index (χ0n) is 12.2. The summed E-state index contributed by atoms with van der Waals surface area (Å²) in [5.74, 6) is -2.25. The van der Waals surface area contributed by atoms with Gasteiger partial charge < -0.3 is 5.73 Å². The first-order valence-corrected chi connectivity index (χ1v) is 7.79. The number of benzene rings is 1. The van der Waals surface area contributed by atoms with E-state index in [0.717, 1.165) is 6.92 Å². The number of carbonyl (C=O) groups is 1. The molecule has 1 aromatic rings. The SMILES string of the molecule is CS(=O)(=O)O.C[C@@H](C(N)=O)c1cc(C(F)(F)F)cc(C(F)(F)F)c1. The fourth-order valence-corrected chi connectivity index (χ4v) is 1.39. The van der Waals surface area contributed by atoms with Crippen molar-refractivity contribution in [3.63, 3.8) is 0 Å². The second-order valence-corrected chi connectivity index (χ2v) is 6.16. The third-order valence-electron chi connectivity index (χ3n) is 2.54. The van der Waals surface area contributed by atoms with Gasteiger partial charge in [0.05, 0.1) is 23.3 Å². The number of nitrogens with two attached hydrogens (primary N) is 1. The van der Waals surface area contributed by atoms with Crippen LogP contribution in [0.15, 0.2) is 18.2 Å². The Balaban J connectivity index is 0.000000922. The van der Waals surface area contributed by atoms with Crippen LogP contribution in [0.1, 0.15) is 29.5 Å². The Morgan fingerprint density at radius 1 is 1.04 bits per heavy atom. The molecule has 0 saturated heterocycles. The van der Waals surface area contributed by atoms with Crippen molar-refractivity contribution >= 4 is 16.0 Å². The number of primary amides is 1. The van der Waals surface area contributed by atoms with E-state index in [2.05, 4.69) is 0 Å². The number of hydrogen-bond acceptors (Lipinski definition) is 3. The lowest BCUT2D eigenvalue weighted by molar-refractivity contribution is -0.143. The highest BCUT2D eigenvalue weighted by Gasteiger charge is 2.37. The van der Waals surface area contributed by atoms with Crippen LogP contribution in [0.5, 0.6) is 0 Å². The molecule has 0 heterocycles. The van der Waals surface area contributed by atoms with Crippen molar-refractivity contribution < 1.29 is 44.1 Å². The summed E-state index contributed by atoms with van der Waals surface area (Å²) in [6.45, 7) is 1.14. The third-order valence-corrected chi connectivity index (χ3v) is 2.54. The van der Waals surface area contributed by atoms with Crippen LogP contribution < -0.4 is 5.73 Å². The maximum absolute atomic E-state index is 12.5. The summed E-state index contributed by atoms with van der Waals surface area (Å²) < 4.78 is 101. The van der Waals surface area contributed by atoms with E-state index in [4.69, 9.17) is 10.3 Å². The first-order chi connectivity index (χ1) is 10.4. The van der Waals surface area contributed by atoms with Crippen molar-refractivity contribution in [1.82, 2.24) is 0 Å². The van der Waals surface area contributed by atoms with Crippen molar-refractivity contribution in [1.29, 1.82) is 0 Å². The normalized spacial score (nSPS) is 13.7. The van der Waals surface area contributed by atoms with Gasteiger partial charge in [0.1, 0.15) is 0 Å². The predicted octanol–water partition coefficient (Wildman–Crippen LogP) is 2.82. The van der Waals surface area contributed by atoms with Crippen LogP contribution >= 0.6 is 0 Å². The van der Waals surface area contributed by atoms with Crippen molar-refractivity contribution in [3.8, 4) is 0 Å². The molecule has 1 rings (SSSR count). The Hall–Kier alpha value is -1.82. The monoisotopic (exact) mass is 381 g/mol. The molecule has 0 aliphatic rings. The zero-order chi connectivity index (χ0) is 19.5. The van der Waals surface area contributed by atoms with E-state index in [1.54, 1.807) is 0 Å². The average molecular weight is 381 g/mol. The third kappa shape index (κ3) is 8.15. The summed E-state index contributed by atoms with van der Waals surface area (Å²) >= 11 is 0. The van der Waals surface area contributed by atoms with Crippen LogP contribution in [0.3, 0.4) is 0 Å². The maximum Gasteiger partial charge on any atom is 0.416 e. The van der Waals surface area contributed by atoms with Crippen molar-refractivity contribution in [2.75, 3.05) is 6.26 Å². The van der Waals surface area contributed by atoms with Gasteiger partial charge in [0.2, 0.25) is 5.91 Å². The highest BCUT2D eigenvalue weighted by molar-refractivity contribution is 7.85. The van der Waals surface area contributed by atoms with E-state index in [9.17, 15) is 39.6 Å². The second-order valence-electron chi connectivity index (χ2n) is 4.70. The van der Waals surface area contributed by atoms with E-state index < -0.39 is 51.0 Å². The summed E-state index contributed by atoms with van der Waals surface area (Å²) in [7, 11) is -3.67. The molecule has 3 N–H and O–H groups in total. The number of amides is 1. The maximum atomic E-state index is 12.5. The molecule has 12 heteroatoms. The molecule has 0 aliphatic carbocycles. The molecule has 0 bridgehead atoms. The molecule has 0 saturated carbocycles. The first kappa shape index (κ1) is 22.2. The van der Waals surface area contributed by atoms with Gasteiger partial charge in [-0.15, -0.1) is 0 Å². The lowest BCUT2D eigenvalue weighted by atomic mass is 9.95. The lowest BCUT2D eigenvalue weighted by Crippen LogP contribution is -2.20. The summed E-state index contributed by atoms with van der Waals surface area (Å²) in [5, 5.41) is 0. The van der Waals surface area contributed by atoms with Gasteiger partial charge >= 0.3 is 12.4 Å². The molecule has 0 unspecified atom stereocenters. The van der Waals surface area contributed by atoms with E-state index in [1.165, 1.54) is 0 Å². The van der Waals surface area contributed by atoms with Crippen molar-refractivity contribution in [2.45, 2.75) is 25.2 Å². The van der Waals surface area contributed by atoms with Gasteiger partial charge in [-0.2, -0.15) is 34.8 Å². The zero-order valence-corrected chi connectivity index (χ0v) is 13.1. The molecule has 0 aromatic heterocycles. The Morgan fingerprint density at radius 3 is 1.54 bits per heavy atom. The highest BCUT2D eigenvalue weighted by Crippen LogP contribution is 2.37. The number of hydrogen-bond donors (Lipinski definition) is 2. The molecular formula is C12H13F6NO4S. The van der Waals surface area contributed by atoms with Crippen molar-refractivity contribution in [3.05, 3.63) is 34.9 Å². The molecule has 0 spiro atoms. The number of rotatable bonds is 2. The van der Waals surface area contributed by atoms with Gasteiger partial charge in [-0.25, -0.2) is 0 Å². The van der Waals surface area contributed by atoms with Gasteiger partial charge in [0.15, 0.2) is 0 Å². The van der Waals surface area contributed by atoms with Crippen LogP contribution in [0, 0.1) is 0 Å². The minimum absolute atomic E-state index is 0.00276. The minimum atomic E-state index is -4.94. The fourth-order valence-electron chi connectivity index (χ4n) is 1.39. The number of halogens is 6. The molecular weight excluding hydrogens is 368 g/mol. The Morgan fingerprint density at radius 2 is 1.33 bits per heavy atom. The lowest BCUT2D eigenvalue weighted by Gasteiger charge is -2.16. The summed E-state index contributed by atoms with van der Waals surface area (Å²) in [4.78, 5) is 10.9. The minimum Gasteiger partial charge on any atom is -0.369 e. The largest absolute Gasteiger partial charge is 0.416 e. The summed E-state index contributed by atoms with van der Waals surface area (Å²) in [5.41, 5.74) is 1.53. The van der Waals surface area contributed by atoms with Crippen LogP contribution in [-0.4, -0.2) is 25.1 Å². The van der Waals surface area contributed by atoms with Crippen LogP contribution in [0.25, 0.3) is 0 Å². The summed E-state index contributed by atoms with van der Waals surface area (Å²) in [6, 6.07) is 0.979. The average Bonchev–Trinajstić information content (AvgIpc) is 2.33. The molecule has 138 valence electrons. The Kier molecular flexibility index (Phi) is 6.82. The van der Waals surface area contributed by atoms with Crippen molar-refractivity contribution in [2.24, 2.45) is 5.73 Å². The molecule has 0 fully saturated rings. The van der Waals surface area contributed by atoms with Gasteiger partial charge in [0, 0.05) is 0 Å². The quantitative estimate of drug-likeness (QED) is 0.608. The molecule has 1 aromatic carbocycles. The topological polar surface area (TPSA) is 97.5 Å². The first-order valence-electron chi connectivity index (χ1n) is 5.94. The molecule has 5 nitrogen and oxygen atoms in total. The van der Waals surface area contributed by atoms with Gasteiger partial charge in [-0.05, 0) is 30.7 Å². The smallest absolute Gasteiger partial charge is 0.369 e.